The number of hydrogen-bond donors (Lipinski definition) is 1. The van der Waals surface area contributed by atoms with Crippen molar-refractivity contribution >= 4 is 57.8 Å². The Kier molecular flexibility index (Phi) is 4.17. The van der Waals surface area contributed by atoms with Gasteiger partial charge < -0.3 is 0 Å². The highest BCUT2D eigenvalue weighted by molar-refractivity contribution is 14.1. The normalized spacial score (nSPS) is 16.3. The summed E-state index contributed by atoms with van der Waals surface area (Å²) in [6, 6.07) is 14.3. The number of benzene rings is 2. The molecule has 4 nitrogen and oxygen atoms in total. The SMILES string of the molecule is O=C1NN(c2cccc(Cl)c2)C(=O)C1=Cc1ccccc1I. The standard InChI is InChI=1S/C16H10ClIN2O2/c17-11-5-3-6-12(9-11)20-16(22)13(15(21)19-20)8-10-4-1-2-7-14(10)18/h1-9H,(H,19,21). The summed E-state index contributed by atoms with van der Waals surface area (Å²) in [6.45, 7) is 0. The van der Waals surface area contributed by atoms with Gasteiger partial charge >= 0.3 is 0 Å². The van der Waals surface area contributed by atoms with Crippen LogP contribution in [0.3, 0.4) is 0 Å². The van der Waals surface area contributed by atoms with Gasteiger partial charge in [-0.1, -0.05) is 35.9 Å². The third kappa shape index (κ3) is 2.86. The van der Waals surface area contributed by atoms with E-state index in [0.29, 0.717) is 10.7 Å². The lowest BCUT2D eigenvalue weighted by Crippen LogP contribution is -2.35. The topological polar surface area (TPSA) is 49.4 Å². The van der Waals surface area contributed by atoms with Gasteiger partial charge in [0.15, 0.2) is 0 Å². The van der Waals surface area contributed by atoms with Crippen molar-refractivity contribution in [2.45, 2.75) is 0 Å². The first kappa shape index (κ1) is 15.1. The molecule has 1 saturated heterocycles. The Labute approximate surface area is 145 Å². The second kappa shape index (κ2) is 6.10. The molecule has 0 saturated carbocycles. The summed E-state index contributed by atoms with van der Waals surface area (Å²) in [7, 11) is 0. The first-order valence-electron chi connectivity index (χ1n) is 6.43. The average Bonchev–Trinajstić information content (AvgIpc) is 2.77. The van der Waals surface area contributed by atoms with E-state index in [1.807, 2.05) is 24.3 Å². The number of hydrazine groups is 1. The van der Waals surface area contributed by atoms with Crippen LogP contribution < -0.4 is 10.4 Å². The van der Waals surface area contributed by atoms with E-state index in [-0.39, 0.29) is 5.57 Å². The average molecular weight is 425 g/mol. The number of carbonyl (C=O) groups excluding carboxylic acids is 2. The second-order valence-electron chi connectivity index (χ2n) is 4.64. The van der Waals surface area contributed by atoms with Crippen molar-refractivity contribution in [1.82, 2.24) is 5.43 Å². The number of rotatable bonds is 2. The zero-order valence-electron chi connectivity index (χ0n) is 11.2. The molecule has 110 valence electrons. The minimum absolute atomic E-state index is 0.101. The van der Waals surface area contributed by atoms with Crippen LogP contribution in [0.15, 0.2) is 54.1 Å². The molecule has 1 aliphatic heterocycles. The Bertz CT molecular complexity index is 804. The summed E-state index contributed by atoms with van der Waals surface area (Å²) in [4.78, 5) is 24.6. The van der Waals surface area contributed by atoms with Gasteiger partial charge in [-0.25, -0.2) is 5.01 Å². The zero-order chi connectivity index (χ0) is 15.7. The molecular weight excluding hydrogens is 415 g/mol. The number of carbonyl (C=O) groups is 2. The van der Waals surface area contributed by atoms with E-state index in [1.165, 1.54) is 5.01 Å². The fourth-order valence-corrected chi connectivity index (χ4v) is 2.83. The second-order valence-corrected chi connectivity index (χ2v) is 6.24. The van der Waals surface area contributed by atoms with E-state index in [4.69, 9.17) is 11.6 Å². The molecular formula is C16H10ClIN2O2. The molecule has 1 N–H and O–H groups in total. The summed E-state index contributed by atoms with van der Waals surface area (Å²) in [6.07, 6.45) is 1.60. The summed E-state index contributed by atoms with van der Waals surface area (Å²) < 4.78 is 0.967. The van der Waals surface area contributed by atoms with Crippen LogP contribution in [0.4, 0.5) is 5.69 Å². The Balaban J connectivity index is 1.97. The third-order valence-corrected chi connectivity index (χ3v) is 4.38. The van der Waals surface area contributed by atoms with Gasteiger partial charge in [0.25, 0.3) is 11.8 Å². The van der Waals surface area contributed by atoms with Gasteiger partial charge in [-0.2, -0.15) is 0 Å². The Hall–Kier alpha value is -1.86. The number of amides is 2. The minimum Gasteiger partial charge on any atom is -0.267 e. The molecule has 3 rings (SSSR count). The summed E-state index contributed by atoms with van der Waals surface area (Å²) in [5.41, 5.74) is 4.01. The maximum absolute atomic E-state index is 12.5. The quantitative estimate of drug-likeness (QED) is 0.456. The molecule has 0 atom stereocenters. The first-order valence-corrected chi connectivity index (χ1v) is 7.89. The number of nitrogens with zero attached hydrogens (tertiary/aromatic N) is 1. The minimum atomic E-state index is -0.426. The third-order valence-electron chi connectivity index (χ3n) is 3.16. The zero-order valence-corrected chi connectivity index (χ0v) is 14.1. The maximum Gasteiger partial charge on any atom is 0.282 e. The van der Waals surface area contributed by atoms with Crippen LogP contribution in [0.5, 0.6) is 0 Å². The number of hydrogen-bond acceptors (Lipinski definition) is 2. The van der Waals surface area contributed by atoms with Gasteiger partial charge in [0.1, 0.15) is 5.57 Å². The van der Waals surface area contributed by atoms with E-state index >= 15 is 0 Å². The molecule has 22 heavy (non-hydrogen) atoms. The molecule has 6 heteroatoms. The monoisotopic (exact) mass is 424 g/mol. The van der Waals surface area contributed by atoms with Crippen molar-refractivity contribution in [2.75, 3.05) is 5.01 Å². The molecule has 0 aromatic heterocycles. The first-order chi connectivity index (χ1) is 10.6. The van der Waals surface area contributed by atoms with Crippen LogP contribution in [0.1, 0.15) is 5.56 Å². The van der Waals surface area contributed by atoms with Gasteiger partial charge in [0.2, 0.25) is 0 Å². The van der Waals surface area contributed by atoms with Crippen molar-refractivity contribution < 1.29 is 9.59 Å². The summed E-state index contributed by atoms with van der Waals surface area (Å²) in [5.74, 6) is -0.823. The van der Waals surface area contributed by atoms with Crippen molar-refractivity contribution in [1.29, 1.82) is 0 Å². The van der Waals surface area contributed by atoms with E-state index in [1.54, 1.807) is 30.3 Å². The van der Waals surface area contributed by atoms with Crippen molar-refractivity contribution in [3.05, 3.63) is 68.3 Å². The number of halogens is 2. The van der Waals surface area contributed by atoms with Crippen molar-refractivity contribution in [3.8, 4) is 0 Å². The molecule has 1 aliphatic rings. The molecule has 0 spiro atoms. The van der Waals surface area contributed by atoms with Crippen LogP contribution >= 0.6 is 34.2 Å². The largest absolute Gasteiger partial charge is 0.282 e. The lowest BCUT2D eigenvalue weighted by atomic mass is 10.1. The molecule has 1 heterocycles. The molecule has 1 fully saturated rings. The highest BCUT2D eigenvalue weighted by Crippen LogP contribution is 2.24. The highest BCUT2D eigenvalue weighted by atomic mass is 127. The van der Waals surface area contributed by atoms with Gasteiger partial charge in [-0.05, 0) is 58.5 Å². The lowest BCUT2D eigenvalue weighted by Gasteiger charge is -2.14. The van der Waals surface area contributed by atoms with E-state index in [9.17, 15) is 9.59 Å². The number of nitrogens with one attached hydrogen (secondary N) is 1. The van der Waals surface area contributed by atoms with Crippen LogP contribution in [0.2, 0.25) is 5.02 Å². The maximum atomic E-state index is 12.5. The molecule has 2 aromatic rings. The lowest BCUT2D eigenvalue weighted by molar-refractivity contribution is -0.117. The van der Waals surface area contributed by atoms with Gasteiger partial charge in [-0.15, -0.1) is 0 Å². The molecule has 0 radical (unpaired) electrons. The van der Waals surface area contributed by atoms with Gasteiger partial charge in [0, 0.05) is 8.59 Å². The van der Waals surface area contributed by atoms with Gasteiger partial charge in [0.05, 0.1) is 5.69 Å². The Morgan fingerprint density at radius 2 is 1.86 bits per heavy atom. The van der Waals surface area contributed by atoms with Crippen molar-refractivity contribution in [2.24, 2.45) is 0 Å². The molecule has 2 amide bonds. The predicted octanol–water partition coefficient (Wildman–Crippen LogP) is 3.41. The summed E-state index contributed by atoms with van der Waals surface area (Å²) >= 11 is 8.09. The van der Waals surface area contributed by atoms with Crippen LogP contribution in [0.25, 0.3) is 6.08 Å². The molecule has 0 bridgehead atoms. The summed E-state index contributed by atoms with van der Waals surface area (Å²) in [5, 5.41) is 1.70. The van der Waals surface area contributed by atoms with E-state index in [2.05, 4.69) is 28.0 Å². The Morgan fingerprint density at radius 3 is 2.59 bits per heavy atom. The van der Waals surface area contributed by atoms with Crippen LogP contribution in [-0.4, -0.2) is 11.8 Å². The molecule has 2 aromatic carbocycles. The fourth-order valence-electron chi connectivity index (χ4n) is 2.10. The molecule has 0 unspecified atom stereocenters. The predicted molar refractivity (Wildman–Crippen MR) is 94.2 cm³/mol. The van der Waals surface area contributed by atoms with Crippen LogP contribution in [0, 0.1) is 3.57 Å². The highest BCUT2D eigenvalue weighted by Gasteiger charge is 2.34. The Morgan fingerprint density at radius 1 is 1.09 bits per heavy atom. The molecule has 0 aliphatic carbocycles. The van der Waals surface area contributed by atoms with E-state index < -0.39 is 11.8 Å². The fraction of sp³-hybridized carbons (Fsp3) is 0. The van der Waals surface area contributed by atoms with Crippen molar-refractivity contribution in [3.63, 3.8) is 0 Å². The van der Waals surface area contributed by atoms with E-state index in [0.717, 1.165) is 9.13 Å². The van der Waals surface area contributed by atoms with Crippen LogP contribution in [-0.2, 0) is 9.59 Å². The smallest absolute Gasteiger partial charge is 0.267 e. The number of anilines is 1. The van der Waals surface area contributed by atoms with Gasteiger partial charge in [-0.3, -0.25) is 15.0 Å².